The van der Waals surface area contributed by atoms with E-state index in [9.17, 15) is 14.4 Å². The minimum absolute atomic E-state index is 0.190. The van der Waals surface area contributed by atoms with Gasteiger partial charge in [0.05, 0.1) is 6.54 Å². The van der Waals surface area contributed by atoms with Crippen LogP contribution < -0.4 is 16.8 Å². The van der Waals surface area contributed by atoms with Crippen LogP contribution in [-0.2, 0) is 6.54 Å². The molecule has 0 fully saturated rings. The number of hydrogen-bond acceptors (Lipinski definition) is 3. The summed E-state index contributed by atoms with van der Waals surface area (Å²) in [5.74, 6) is 0. The Balaban J connectivity index is 2.05. The summed E-state index contributed by atoms with van der Waals surface area (Å²) in [6, 6.07) is 13.6. The van der Waals surface area contributed by atoms with Crippen molar-refractivity contribution in [2.24, 2.45) is 0 Å². The average molecular weight is 269 g/mol. The van der Waals surface area contributed by atoms with Crippen molar-refractivity contribution in [3.8, 4) is 0 Å². The molecular formula is C14H11N3O3. The number of fused-ring (bicyclic) bond motifs is 1. The Kier molecular flexibility index (Phi) is 2.83. The second kappa shape index (κ2) is 4.65. The topological polar surface area (TPSA) is 87.7 Å². The lowest BCUT2D eigenvalue weighted by atomic mass is 10.1. The first-order valence-electron chi connectivity index (χ1n) is 6.04. The van der Waals surface area contributed by atoms with E-state index in [1.54, 1.807) is 0 Å². The first kappa shape index (κ1) is 12.2. The molecule has 0 saturated carbocycles. The summed E-state index contributed by atoms with van der Waals surface area (Å²) >= 11 is 0. The second-order valence-electron chi connectivity index (χ2n) is 4.47. The van der Waals surface area contributed by atoms with Crippen LogP contribution in [0.3, 0.4) is 0 Å². The Hall–Kier alpha value is -2.89. The molecular weight excluding hydrogens is 258 g/mol. The molecule has 0 aliphatic heterocycles. The minimum Gasteiger partial charge on any atom is -0.268 e. The van der Waals surface area contributed by atoms with Gasteiger partial charge in [-0.15, -0.1) is 0 Å². The highest BCUT2D eigenvalue weighted by Crippen LogP contribution is 2.15. The van der Waals surface area contributed by atoms with Gasteiger partial charge in [-0.1, -0.05) is 36.4 Å². The number of benzene rings is 2. The van der Waals surface area contributed by atoms with Crippen molar-refractivity contribution in [3.05, 3.63) is 79.2 Å². The van der Waals surface area contributed by atoms with Crippen LogP contribution in [0.5, 0.6) is 0 Å². The maximum atomic E-state index is 11.6. The third-order valence-corrected chi connectivity index (χ3v) is 3.06. The maximum Gasteiger partial charge on any atom is 0.343 e. The number of rotatable bonds is 2. The van der Waals surface area contributed by atoms with E-state index >= 15 is 0 Å². The Bertz CT molecular complexity index is 950. The molecule has 0 atom stereocenters. The molecule has 0 aliphatic carbocycles. The van der Waals surface area contributed by atoms with Gasteiger partial charge in [0.1, 0.15) is 0 Å². The molecule has 3 aromatic rings. The zero-order valence-electron chi connectivity index (χ0n) is 10.4. The molecule has 0 saturated heterocycles. The second-order valence-corrected chi connectivity index (χ2v) is 4.47. The van der Waals surface area contributed by atoms with Crippen molar-refractivity contribution in [1.82, 2.24) is 14.8 Å². The van der Waals surface area contributed by atoms with E-state index in [0.717, 1.165) is 21.0 Å². The third kappa shape index (κ3) is 2.18. The third-order valence-electron chi connectivity index (χ3n) is 3.06. The lowest BCUT2D eigenvalue weighted by Gasteiger charge is -2.06. The Labute approximate surface area is 112 Å². The number of hydrogen-bond donors (Lipinski definition) is 2. The van der Waals surface area contributed by atoms with Crippen LogP contribution in [0.4, 0.5) is 0 Å². The predicted octanol–water partition coefficient (Wildman–Crippen LogP) is 0.426. The van der Waals surface area contributed by atoms with Gasteiger partial charge >= 0.3 is 16.8 Å². The lowest BCUT2D eigenvalue weighted by Crippen LogP contribution is -2.43. The van der Waals surface area contributed by atoms with Crippen LogP contribution in [0.1, 0.15) is 5.56 Å². The first-order valence-corrected chi connectivity index (χ1v) is 6.04. The molecule has 0 unspecified atom stereocenters. The van der Waals surface area contributed by atoms with Crippen molar-refractivity contribution in [1.29, 1.82) is 0 Å². The Morgan fingerprint density at radius 3 is 2.45 bits per heavy atom. The van der Waals surface area contributed by atoms with Crippen molar-refractivity contribution in [2.75, 3.05) is 0 Å². The SMILES string of the molecule is O=c1[nH]c(=O)n(Cc2ccc3ccccc3c2)[nH]c1=O. The molecule has 1 aromatic heterocycles. The number of nitrogens with zero attached hydrogens (tertiary/aromatic N) is 1. The van der Waals surface area contributed by atoms with Gasteiger partial charge in [-0.05, 0) is 22.4 Å². The number of nitrogens with one attached hydrogen (secondary N) is 2. The fraction of sp³-hybridized carbons (Fsp3) is 0.0714. The van der Waals surface area contributed by atoms with Crippen molar-refractivity contribution in [3.63, 3.8) is 0 Å². The van der Waals surface area contributed by atoms with Crippen LogP contribution in [0.2, 0.25) is 0 Å². The van der Waals surface area contributed by atoms with Crippen LogP contribution in [-0.4, -0.2) is 14.8 Å². The molecule has 2 aromatic carbocycles. The highest BCUT2D eigenvalue weighted by atomic mass is 16.2. The van der Waals surface area contributed by atoms with Gasteiger partial charge in [0, 0.05) is 0 Å². The standard InChI is InChI=1S/C14H11N3O3/c18-12-13(19)16-17(14(20)15-12)8-9-5-6-10-3-1-2-4-11(10)7-9/h1-7H,8H2,(H,16,19)(H,15,18,20). The Morgan fingerprint density at radius 2 is 1.65 bits per heavy atom. The van der Waals surface area contributed by atoms with E-state index in [1.165, 1.54) is 0 Å². The molecule has 2 N–H and O–H groups in total. The summed E-state index contributed by atoms with van der Waals surface area (Å²) in [5, 5.41) is 4.39. The molecule has 0 spiro atoms. The summed E-state index contributed by atoms with van der Waals surface area (Å²) in [4.78, 5) is 35.8. The van der Waals surface area contributed by atoms with Gasteiger partial charge in [-0.3, -0.25) is 19.7 Å². The summed E-state index contributed by atoms with van der Waals surface area (Å²) in [5.41, 5.74) is -1.56. The zero-order valence-corrected chi connectivity index (χ0v) is 10.4. The normalized spacial score (nSPS) is 10.8. The summed E-state index contributed by atoms with van der Waals surface area (Å²) < 4.78 is 1.08. The molecule has 6 nitrogen and oxygen atoms in total. The molecule has 6 heteroatoms. The van der Waals surface area contributed by atoms with Crippen molar-refractivity contribution in [2.45, 2.75) is 6.54 Å². The van der Waals surface area contributed by atoms with Gasteiger partial charge in [-0.2, -0.15) is 0 Å². The van der Waals surface area contributed by atoms with E-state index in [0.29, 0.717) is 0 Å². The average Bonchev–Trinajstić information content (AvgIpc) is 2.44. The van der Waals surface area contributed by atoms with E-state index in [1.807, 2.05) is 47.4 Å². The van der Waals surface area contributed by atoms with E-state index in [-0.39, 0.29) is 6.54 Å². The molecule has 1 heterocycles. The monoisotopic (exact) mass is 269 g/mol. The fourth-order valence-electron chi connectivity index (χ4n) is 2.08. The van der Waals surface area contributed by atoms with Crippen LogP contribution in [0.25, 0.3) is 10.8 Å². The number of aromatic nitrogens is 3. The smallest absolute Gasteiger partial charge is 0.268 e. The maximum absolute atomic E-state index is 11.6. The van der Waals surface area contributed by atoms with Crippen LogP contribution in [0, 0.1) is 0 Å². The van der Waals surface area contributed by atoms with Crippen molar-refractivity contribution < 1.29 is 0 Å². The highest BCUT2D eigenvalue weighted by Gasteiger charge is 2.03. The van der Waals surface area contributed by atoms with Crippen LogP contribution >= 0.6 is 0 Å². The predicted molar refractivity (Wildman–Crippen MR) is 75.0 cm³/mol. The minimum atomic E-state index is -0.940. The quantitative estimate of drug-likeness (QED) is 0.661. The first-order chi connectivity index (χ1) is 9.63. The number of H-pyrrole nitrogens is 2. The van der Waals surface area contributed by atoms with Gasteiger partial charge in [-0.25, -0.2) is 9.48 Å². The van der Waals surface area contributed by atoms with Gasteiger partial charge in [0.15, 0.2) is 0 Å². The molecule has 0 bridgehead atoms. The fourth-order valence-corrected chi connectivity index (χ4v) is 2.08. The largest absolute Gasteiger partial charge is 0.343 e. The molecule has 0 aliphatic rings. The number of aromatic amines is 2. The van der Waals surface area contributed by atoms with Gasteiger partial charge in [0.2, 0.25) is 0 Å². The van der Waals surface area contributed by atoms with E-state index in [2.05, 4.69) is 5.10 Å². The van der Waals surface area contributed by atoms with Gasteiger partial charge in [0.25, 0.3) is 0 Å². The summed E-state index contributed by atoms with van der Waals surface area (Å²) in [7, 11) is 0. The van der Waals surface area contributed by atoms with Crippen LogP contribution in [0.15, 0.2) is 56.8 Å². The molecule has 20 heavy (non-hydrogen) atoms. The Morgan fingerprint density at radius 1 is 0.900 bits per heavy atom. The lowest BCUT2D eigenvalue weighted by molar-refractivity contribution is 0.594. The van der Waals surface area contributed by atoms with Crippen molar-refractivity contribution >= 4 is 10.8 Å². The van der Waals surface area contributed by atoms with Gasteiger partial charge < -0.3 is 0 Å². The highest BCUT2D eigenvalue weighted by molar-refractivity contribution is 5.82. The summed E-state index contributed by atoms with van der Waals surface area (Å²) in [6.07, 6.45) is 0. The molecule has 0 amide bonds. The van der Waals surface area contributed by atoms with E-state index in [4.69, 9.17) is 0 Å². The summed E-state index contributed by atoms with van der Waals surface area (Å²) in [6.45, 7) is 0.190. The molecule has 0 radical (unpaired) electrons. The molecule has 3 rings (SSSR count). The van der Waals surface area contributed by atoms with E-state index < -0.39 is 16.8 Å². The zero-order chi connectivity index (χ0) is 14.1. The molecule has 100 valence electrons.